The van der Waals surface area contributed by atoms with Crippen molar-refractivity contribution in [2.75, 3.05) is 13.8 Å². The zero-order chi connectivity index (χ0) is 18.6. The monoisotopic (exact) mass is 359 g/mol. The molecule has 1 aromatic carbocycles. The van der Waals surface area contributed by atoms with Gasteiger partial charge in [0.05, 0.1) is 11.2 Å². The van der Waals surface area contributed by atoms with Crippen molar-refractivity contribution in [3.8, 4) is 16.8 Å². The van der Waals surface area contributed by atoms with Crippen LogP contribution in [0.4, 0.5) is 0 Å². The van der Waals surface area contributed by atoms with Gasteiger partial charge in [-0.05, 0) is 49.6 Å². The Bertz CT molecular complexity index is 1050. The molecule has 0 bridgehead atoms. The number of methoxy groups -OCH3 is 1. The topological polar surface area (TPSA) is 47.4 Å². The highest BCUT2D eigenvalue weighted by Gasteiger charge is 2.54. The first-order valence-corrected chi connectivity index (χ1v) is 9.21. The number of rotatable bonds is 3. The third-order valence-electron chi connectivity index (χ3n) is 5.79. The number of nitrogens with zero attached hydrogens (tertiary/aromatic N) is 3. The molecule has 0 radical (unpaired) electrons. The Kier molecular flexibility index (Phi) is 3.49. The number of hydrogen-bond donors (Lipinski definition) is 0. The van der Waals surface area contributed by atoms with Crippen LogP contribution in [0.15, 0.2) is 54.9 Å². The van der Waals surface area contributed by atoms with Gasteiger partial charge < -0.3 is 14.2 Å². The van der Waals surface area contributed by atoms with Gasteiger partial charge >= 0.3 is 0 Å². The van der Waals surface area contributed by atoms with E-state index < -0.39 is 0 Å². The van der Waals surface area contributed by atoms with Gasteiger partial charge in [-0.15, -0.1) is 0 Å². The highest BCUT2D eigenvalue weighted by Crippen LogP contribution is 2.55. The van der Waals surface area contributed by atoms with E-state index in [2.05, 4.69) is 29.2 Å². The number of benzene rings is 1. The Morgan fingerprint density at radius 3 is 2.78 bits per heavy atom. The van der Waals surface area contributed by atoms with Gasteiger partial charge in [-0.3, -0.25) is 9.78 Å². The van der Waals surface area contributed by atoms with Crippen LogP contribution in [0.2, 0.25) is 0 Å². The molecule has 0 N–H and O–H groups in total. The molecule has 1 aliphatic carbocycles. The zero-order valence-corrected chi connectivity index (χ0v) is 15.5. The lowest BCUT2D eigenvalue weighted by molar-refractivity contribution is 0.0195. The van der Waals surface area contributed by atoms with Gasteiger partial charge in [-0.1, -0.05) is 18.2 Å². The molecule has 0 atom stereocenters. The maximum absolute atomic E-state index is 13.2. The van der Waals surface area contributed by atoms with E-state index in [1.807, 2.05) is 47.0 Å². The van der Waals surface area contributed by atoms with Gasteiger partial charge in [0, 0.05) is 36.3 Å². The fourth-order valence-corrected chi connectivity index (χ4v) is 4.29. The van der Waals surface area contributed by atoms with E-state index in [-0.39, 0.29) is 11.4 Å². The Labute approximate surface area is 158 Å². The van der Waals surface area contributed by atoms with E-state index >= 15 is 0 Å². The molecule has 5 rings (SSSR count). The lowest BCUT2D eigenvalue weighted by atomic mass is 9.96. The van der Waals surface area contributed by atoms with Crippen LogP contribution in [0.5, 0.6) is 0 Å². The molecule has 1 aliphatic heterocycles. The average Bonchev–Trinajstić information content (AvgIpc) is 3.34. The molecule has 1 fully saturated rings. The lowest BCUT2D eigenvalue weighted by Crippen LogP contribution is -2.41. The van der Waals surface area contributed by atoms with Gasteiger partial charge in [0.2, 0.25) is 0 Å². The van der Waals surface area contributed by atoms with E-state index in [4.69, 9.17) is 4.74 Å². The number of fused-ring (bicyclic) bond motifs is 4. The van der Waals surface area contributed by atoms with E-state index in [1.165, 1.54) is 5.56 Å². The van der Waals surface area contributed by atoms with Crippen molar-refractivity contribution in [3.63, 3.8) is 0 Å². The molecule has 1 saturated carbocycles. The highest BCUT2D eigenvalue weighted by molar-refractivity contribution is 5.95. The molecule has 1 amide bonds. The zero-order valence-electron chi connectivity index (χ0n) is 15.5. The van der Waals surface area contributed by atoms with Crippen LogP contribution in [-0.4, -0.2) is 34.2 Å². The Hall–Kier alpha value is -2.92. The Balaban J connectivity index is 1.75. The van der Waals surface area contributed by atoms with Gasteiger partial charge in [0.25, 0.3) is 5.91 Å². The lowest BCUT2D eigenvalue weighted by Gasteiger charge is -2.30. The summed E-state index contributed by atoms with van der Waals surface area (Å²) in [6.45, 7) is 2.32. The fraction of sp³-hybridized carbons (Fsp3) is 0.273. The highest BCUT2D eigenvalue weighted by atomic mass is 16.5. The molecule has 27 heavy (non-hydrogen) atoms. The number of ether oxygens (including phenoxy) is 1. The van der Waals surface area contributed by atoms with Crippen molar-refractivity contribution in [1.29, 1.82) is 0 Å². The van der Waals surface area contributed by atoms with Crippen molar-refractivity contribution in [3.05, 3.63) is 71.8 Å². The predicted octanol–water partition coefficient (Wildman–Crippen LogP) is 3.90. The first-order valence-electron chi connectivity index (χ1n) is 9.21. The van der Waals surface area contributed by atoms with Crippen LogP contribution in [0.3, 0.4) is 0 Å². The molecular formula is C22H21N3O2. The summed E-state index contributed by atoms with van der Waals surface area (Å²) in [4.78, 5) is 19.5. The summed E-state index contributed by atoms with van der Waals surface area (Å²) in [6, 6.07) is 14.4. The second kappa shape index (κ2) is 5.79. The smallest absolute Gasteiger partial charge is 0.273 e. The van der Waals surface area contributed by atoms with Crippen LogP contribution in [-0.2, 0) is 10.3 Å². The minimum Gasteiger partial charge on any atom is -0.364 e. The number of carbonyl (C=O) groups excluding carboxylic acids is 1. The quantitative estimate of drug-likeness (QED) is 0.713. The fourth-order valence-electron chi connectivity index (χ4n) is 4.29. The summed E-state index contributed by atoms with van der Waals surface area (Å²) in [5, 5.41) is 0. The van der Waals surface area contributed by atoms with Crippen LogP contribution in [0.25, 0.3) is 16.8 Å². The summed E-state index contributed by atoms with van der Waals surface area (Å²) in [5.74, 6) is 0.0228. The minimum atomic E-state index is -0.260. The largest absolute Gasteiger partial charge is 0.364 e. The van der Waals surface area contributed by atoms with E-state index in [1.54, 1.807) is 7.11 Å². The maximum Gasteiger partial charge on any atom is 0.273 e. The number of aromatic nitrogens is 2. The molecular weight excluding hydrogens is 338 g/mol. The number of pyridine rings is 1. The van der Waals surface area contributed by atoms with Crippen molar-refractivity contribution >= 4 is 5.91 Å². The summed E-state index contributed by atoms with van der Waals surface area (Å²) < 4.78 is 7.40. The molecule has 2 aromatic heterocycles. The first-order chi connectivity index (χ1) is 13.2. The number of aryl methyl sites for hydroxylation is 1. The molecule has 0 saturated heterocycles. The average molecular weight is 359 g/mol. The summed E-state index contributed by atoms with van der Waals surface area (Å²) in [5.41, 5.74) is 5.90. The molecule has 0 unspecified atom stereocenters. The van der Waals surface area contributed by atoms with Gasteiger partial charge in [-0.2, -0.15) is 0 Å². The van der Waals surface area contributed by atoms with Crippen LogP contribution in [0.1, 0.15) is 34.6 Å². The molecule has 3 heterocycles. The number of amides is 1. The van der Waals surface area contributed by atoms with Crippen molar-refractivity contribution < 1.29 is 9.53 Å². The van der Waals surface area contributed by atoms with Crippen LogP contribution < -0.4 is 0 Å². The van der Waals surface area contributed by atoms with E-state index in [9.17, 15) is 4.79 Å². The third-order valence-corrected chi connectivity index (χ3v) is 5.79. The molecule has 1 spiro atoms. The van der Waals surface area contributed by atoms with Crippen molar-refractivity contribution in [2.45, 2.75) is 25.3 Å². The maximum atomic E-state index is 13.2. The SMILES string of the molecule is COCN1C(=O)c2cccn2-c2cc(-c3cccnc3C)ccc2C12CC2. The predicted molar refractivity (Wildman–Crippen MR) is 103 cm³/mol. The van der Waals surface area contributed by atoms with Crippen LogP contribution in [0, 0.1) is 6.92 Å². The Morgan fingerprint density at radius 2 is 2.04 bits per heavy atom. The number of hydrogen-bond acceptors (Lipinski definition) is 3. The minimum absolute atomic E-state index is 0.0228. The van der Waals surface area contributed by atoms with E-state index in [0.717, 1.165) is 35.3 Å². The van der Waals surface area contributed by atoms with Crippen LogP contribution >= 0.6 is 0 Å². The van der Waals surface area contributed by atoms with Gasteiger partial charge in [0.15, 0.2) is 0 Å². The molecule has 3 aromatic rings. The van der Waals surface area contributed by atoms with Crippen molar-refractivity contribution in [1.82, 2.24) is 14.5 Å². The molecule has 2 aliphatic rings. The molecule has 136 valence electrons. The molecule has 5 heteroatoms. The standard InChI is InChI=1S/C22H21N3O2/c1-15-17(5-3-11-23-15)16-7-8-18-20(13-16)24-12-4-6-19(24)21(26)25(14-27-2)22(18)9-10-22/h3-8,11-13H,9-10,14H2,1-2H3. The second-order valence-electron chi connectivity index (χ2n) is 7.31. The van der Waals surface area contributed by atoms with E-state index in [0.29, 0.717) is 12.4 Å². The Morgan fingerprint density at radius 1 is 1.19 bits per heavy atom. The summed E-state index contributed by atoms with van der Waals surface area (Å²) in [7, 11) is 1.64. The first kappa shape index (κ1) is 16.3. The van der Waals surface area contributed by atoms with Gasteiger partial charge in [0.1, 0.15) is 12.4 Å². The number of carbonyl (C=O) groups is 1. The van der Waals surface area contributed by atoms with Gasteiger partial charge in [-0.25, -0.2) is 0 Å². The molecule has 5 nitrogen and oxygen atoms in total. The second-order valence-corrected chi connectivity index (χ2v) is 7.31. The third kappa shape index (κ3) is 2.28. The summed E-state index contributed by atoms with van der Waals surface area (Å²) in [6.07, 6.45) is 5.71. The van der Waals surface area contributed by atoms with Crippen molar-refractivity contribution in [2.24, 2.45) is 0 Å². The normalized spacial score (nSPS) is 16.8. The summed E-state index contributed by atoms with van der Waals surface area (Å²) >= 11 is 0.